The standard InChI is InChI=1S/C14H21N3/c15-13-11-12(16-7-1-2-8-16)5-6-14(13)17-9-3-4-10-17/h5-6,11H,1-4,7-10,15H2. The maximum atomic E-state index is 6.20. The summed E-state index contributed by atoms with van der Waals surface area (Å²) in [6, 6.07) is 6.59. The Hall–Kier alpha value is -1.38. The Morgan fingerprint density at radius 3 is 2.00 bits per heavy atom. The van der Waals surface area contributed by atoms with Crippen LogP contribution in [-0.2, 0) is 0 Å². The summed E-state index contributed by atoms with van der Waals surface area (Å²) in [4.78, 5) is 4.84. The summed E-state index contributed by atoms with van der Waals surface area (Å²) >= 11 is 0. The van der Waals surface area contributed by atoms with Crippen LogP contribution in [-0.4, -0.2) is 26.2 Å². The number of hydrogen-bond acceptors (Lipinski definition) is 3. The lowest BCUT2D eigenvalue weighted by atomic mass is 10.2. The highest BCUT2D eigenvalue weighted by Gasteiger charge is 2.17. The van der Waals surface area contributed by atoms with Crippen molar-refractivity contribution in [1.82, 2.24) is 0 Å². The second-order valence-corrected chi connectivity index (χ2v) is 5.13. The highest BCUT2D eigenvalue weighted by molar-refractivity contribution is 5.73. The molecule has 3 rings (SSSR count). The zero-order valence-electron chi connectivity index (χ0n) is 10.4. The Kier molecular flexibility index (Phi) is 2.83. The smallest absolute Gasteiger partial charge is 0.0601 e. The third kappa shape index (κ3) is 2.06. The van der Waals surface area contributed by atoms with E-state index in [4.69, 9.17) is 5.73 Å². The molecule has 2 fully saturated rings. The average Bonchev–Trinajstić information content (AvgIpc) is 3.02. The van der Waals surface area contributed by atoms with Gasteiger partial charge in [-0.05, 0) is 43.9 Å². The van der Waals surface area contributed by atoms with E-state index in [0.29, 0.717) is 0 Å². The van der Waals surface area contributed by atoms with Crippen molar-refractivity contribution in [3.63, 3.8) is 0 Å². The first-order valence-corrected chi connectivity index (χ1v) is 6.74. The highest BCUT2D eigenvalue weighted by Crippen LogP contribution is 2.31. The second kappa shape index (κ2) is 4.47. The van der Waals surface area contributed by atoms with Crippen molar-refractivity contribution < 1.29 is 0 Å². The van der Waals surface area contributed by atoms with Gasteiger partial charge in [0, 0.05) is 31.9 Å². The van der Waals surface area contributed by atoms with E-state index in [0.717, 1.165) is 18.8 Å². The van der Waals surface area contributed by atoms with Crippen LogP contribution in [0.3, 0.4) is 0 Å². The maximum absolute atomic E-state index is 6.20. The maximum Gasteiger partial charge on any atom is 0.0601 e. The van der Waals surface area contributed by atoms with Crippen molar-refractivity contribution >= 4 is 17.1 Å². The zero-order valence-corrected chi connectivity index (χ0v) is 10.4. The van der Waals surface area contributed by atoms with Gasteiger partial charge in [-0.25, -0.2) is 0 Å². The molecule has 0 atom stereocenters. The normalized spacial score (nSPS) is 20.2. The van der Waals surface area contributed by atoms with Gasteiger partial charge in [0.25, 0.3) is 0 Å². The molecule has 0 amide bonds. The molecule has 2 aliphatic rings. The predicted octanol–water partition coefficient (Wildman–Crippen LogP) is 2.47. The van der Waals surface area contributed by atoms with E-state index in [-0.39, 0.29) is 0 Å². The molecular formula is C14H21N3. The molecule has 2 saturated heterocycles. The van der Waals surface area contributed by atoms with E-state index >= 15 is 0 Å². The fraction of sp³-hybridized carbons (Fsp3) is 0.571. The minimum Gasteiger partial charge on any atom is -0.397 e. The number of anilines is 3. The van der Waals surface area contributed by atoms with Crippen LogP contribution in [0.5, 0.6) is 0 Å². The van der Waals surface area contributed by atoms with Crippen LogP contribution in [0, 0.1) is 0 Å². The van der Waals surface area contributed by atoms with Gasteiger partial charge in [0.15, 0.2) is 0 Å². The Labute approximate surface area is 103 Å². The molecule has 0 aliphatic carbocycles. The molecule has 3 nitrogen and oxygen atoms in total. The van der Waals surface area contributed by atoms with E-state index in [1.54, 1.807) is 0 Å². The number of benzene rings is 1. The summed E-state index contributed by atoms with van der Waals surface area (Å²) in [6.45, 7) is 4.69. The van der Waals surface area contributed by atoms with Crippen molar-refractivity contribution in [3.05, 3.63) is 18.2 Å². The lowest BCUT2D eigenvalue weighted by molar-refractivity contribution is 0.949. The van der Waals surface area contributed by atoms with E-state index in [1.165, 1.54) is 50.1 Å². The first kappa shape index (κ1) is 10.8. The Balaban J connectivity index is 1.82. The van der Waals surface area contributed by atoms with Crippen LogP contribution >= 0.6 is 0 Å². The Morgan fingerprint density at radius 1 is 0.824 bits per heavy atom. The predicted molar refractivity (Wildman–Crippen MR) is 73.7 cm³/mol. The van der Waals surface area contributed by atoms with Crippen molar-refractivity contribution in [3.8, 4) is 0 Å². The summed E-state index contributed by atoms with van der Waals surface area (Å²) in [5, 5.41) is 0. The molecule has 0 bridgehead atoms. The molecule has 1 aromatic carbocycles. The molecule has 1 aromatic rings. The summed E-state index contributed by atoms with van der Waals surface area (Å²) in [5.41, 5.74) is 9.66. The van der Waals surface area contributed by atoms with E-state index in [9.17, 15) is 0 Å². The molecule has 0 unspecified atom stereocenters. The van der Waals surface area contributed by atoms with Gasteiger partial charge in [-0.1, -0.05) is 0 Å². The summed E-state index contributed by atoms with van der Waals surface area (Å²) in [5.74, 6) is 0. The van der Waals surface area contributed by atoms with Crippen LogP contribution in [0.1, 0.15) is 25.7 Å². The third-order valence-corrected chi connectivity index (χ3v) is 3.93. The minimum atomic E-state index is 0.941. The molecule has 17 heavy (non-hydrogen) atoms. The Morgan fingerprint density at radius 2 is 1.41 bits per heavy atom. The number of nitrogen functional groups attached to an aromatic ring is 1. The largest absolute Gasteiger partial charge is 0.397 e. The molecule has 0 saturated carbocycles. The molecule has 2 N–H and O–H groups in total. The van der Waals surface area contributed by atoms with Crippen molar-refractivity contribution in [2.24, 2.45) is 0 Å². The molecule has 2 aliphatic heterocycles. The van der Waals surface area contributed by atoms with Gasteiger partial charge in [0.05, 0.1) is 11.4 Å². The first-order chi connectivity index (χ1) is 8.34. The van der Waals surface area contributed by atoms with Crippen LogP contribution in [0.25, 0.3) is 0 Å². The van der Waals surface area contributed by atoms with Gasteiger partial charge in [-0.2, -0.15) is 0 Å². The van der Waals surface area contributed by atoms with Crippen molar-refractivity contribution in [2.45, 2.75) is 25.7 Å². The van der Waals surface area contributed by atoms with Gasteiger partial charge >= 0.3 is 0 Å². The van der Waals surface area contributed by atoms with Crippen molar-refractivity contribution in [1.29, 1.82) is 0 Å². The van der Waals surface area contributed by atoms with E-state index < -0.39 is 0 Å². The summed E-state index contributed by atoms with van der Waals surface area (Å²) in [7, 11) is 0. The third-order valence-electron chi connectivity index (χ3n) is 3.93. The van der Waals surface area contributed by atoms with Gasteiger partial charge < -0.3 is 15.5 Å². The fourth-order valence-corrected chi connectivity index (χ4v) is 2.96. The molecule has 0 spiro atoms. The Bertz CT molecular complexity index is 390. The van der Waals surface area contributed by atoms with Gasteiger partial charge in [-0.3, -0.25) is 0 Å². The summed E-state index contributed by atoms with van der Waals surface area (Å²) < 4.78 is 0. The molecule has 0 radical (unpaired) electrons. The SMILES string of the molecule is Nc1cc(N2CCCC2)ccc1N1CCCC1. The number of nitrogens with two attached hydrogens (primary N) is 1. The first-order valence-electron chi connectivity index (χ1n) is 6.74. The molecular weight excluding hydrogens is 210 g/mol. The van der Waals surface area contributed by atoms with Gasteiger partial charge in [-0.15, -0.1) is 0 Å². The van der Waals surface area contributed by atoms with Gasteiger partial charge in [0.1, 0.15) is 0 Å². The van der Waals surface area contributed by atoms with Crippen LogP contribution in [0.15, 0.2) is 18.2 Å². The summed E-state index contributed by atoms with van der Waals surface area (Å²) in [6.07, 6.45) is 5.22. The highest BCUT2D eigenvalue weighted by atomic mass is 15.2. The molecule has 3 heteroatoms. The molecule has 0 aromatic heterocycles. The lowest BCUT2D eigenvalue weighted by Gasteiger charge is -2.23. The lowest BCUT2D eigenvalue weighted by Crippen LogP contribution is -2.21. The second-order valence-electron chi connectivity index (χ2n) is 5.13. The molecule has 92 valence electrons. The zero-order chi connectivity index (χ0) is 11.7. The quantitative estimate of drug-likeness (QED) is 0.794. The van der Waals surface area contributed by atoms with E-state index in [1.807, 2.05) is 0 Å². The number of rotatable bonds is 2. The topological polar surface area (TPSA) is 32.5 Å². The molecule has 2 heterocycles. The fourth-order valence-electron chi connectivity index (χ4n) is 2.96. The average molecular weight is 231 g/mol. The van der Waals surface area contributed by atoms with E-state index in [2.05, 4.69) is 28.0 Å². The number of nitrogens with zero attached hydrogens (tertiary/aromatic N) is 2. The van der Waals surface area contributed by atoms with Crippen LogP contribution in [0.2, 0.25) is 0 Å². The monoisotopic (exact) mass is 231 g/mol. The van der Waals surface area contributed by atoms with Crippen molar-refractivity contribution in [2.75, 3.05) is 41.7 Å². The number of hydrogen-bond donors (Lipinski definition) is 1. The van der Waals surface area contributed by atoms with Crippen LogP contribution in [0.4, 0.5) is 17.1 Å². The van der Waals surface area contributed by atoms with Crippen LogP contribution < -0.4 is 15.5 Å². The van der Waals surface area contributed by atoms with Gasteiger partial charge in [0.2, 0.25) is 0 Å². The minimum absolute atomic E-state index is 0.941.